The standard InChI is InChI=1S/C20H27N2O7P/c1-4-27-20(23)19-11-8-14-21(19)15-30(26,29-18-9-6-5-7-10-18)28-17(3)13-12-16(2)22(24)25/h5-7,9-10,12-13,19H,4,8,11,14-15H2,1-3H3/b16-12+,17-13+/t19-,30?/m0/s1. The number of rotatable bonds is 10. The Morgan fingerprint density at radius 3 is 2.63 bits per heavy atom. The number of carbonyl (C=O) groups is 1. The van der Waals surface area contributed by atoms with E-state index in [1.807, 2.05) is 0 Å². The fraction of sp³-hybridized carbons (Fsp3) is 0.450. The summed E-state index contributed by atoms with van der Waals surface area (Å²) in [4.78, 5) is 24.2. The third-order valence-electron chi connectivity index (χ3n) is 4.40. The van der Waals surface area contributed by atoms with Gasteiger partial charge in [0.15, 0.2) is 0 Å². The number of likely N-dealkylation sites (tertiary alicyclic amines) is 1. The first-order valence-corrected chi connectivity index (χ1v) is 11.4. The number of allylic oxidation sites excluding steroid dienone is 4. The topological polar surface area (TPSA) is 108 Å². The van der Waals surface area contributed by atoms with Gasteiger partial charge in [0.05, 0.1) is 11.5 Å². The second kappa shape index (κ2) is 10.9. The summed E-state index contributed by atoms with van der Waals surface area (Å²) in [5.74, 6) is 0.193. The van der Waals surface area contributed by atoms with E-state index in [1.54, 1.807) is 42.2 Å². The normalized spacial score (nSPS) is 19.8. The molecule has 9 nitrogen and oxygen atoms in total. The number of nitro groups is 1. The van der Waals surface area contributed by atoms with Crippen LogP contribution in [0, 0.1) is 10.1 Å². The zero-order valence-corrected chi connectivity index (χ0v) is 18.2. The molecule has 0 aliphatic carbocycles. The molecule has 0 amide bonds. The molecule has 164 valence electrons. The number of hydrogen-bond donors (Lipinski definition) is 0. The minimum Gasteiger partial charge on any atom is -0.465 e. The van der Waals surface area contributed by atoms with E-state index >= 15 is 0 Å². The molecule has 0 bridgehead atoms. The Hall–Kier alpha value is -2.64. The van der Waals surface area contributed by atoms with E-state index in [0.717, 1.165) is 6.42 Å². The highest BCUT2D eigenvalue weighted by Gasteiger charge is 2.39. The van der Waals surface area contributed by atoms with Crippen molar-refractivity contribution < 1.29 is 28.1 Å². The van der Waals surface area contributed by atoms with E-state index in [9.17, 15) is 19.5 Å². The van der Waals surface area contributed by atoms with Crippen LogP contribution >= 0.6 is 7.60 Å². The van der Waals surface area contributed by atoms with E-state index in [2.05, 4.69) is 0 Å². The molecule has 1 heterocycles. The minimum atomic E-state index is -3.78. The average molecular weight is 438 g/mol. The van der Waals surface area contributed by atoms with E-state index in [0.29, 0.717) is 18.7 Å². The fourth-order valence-corrected chi connectivity index (χ4v) is 4.87. The van der Waals surface area contributed by atoms with Crippen LogP contribution < -0.4 is 4.52 Å². The van der Waals surface area contributed by atoms with Crippen molar-refractivity contribution in [1.29, 1.82) is 0 Å². The summed E-state index contributed by atoms with van der Waals surface area (Å²) in [6.45, 7) is 5.44. The van der Waals surface area contributed by atoms with E-state index in [4.69, 9.17) is 13.8 Å². The van der Waals surface area contributed by atoms with E-state index < -0.39 is 18.6 Å². The fourth-order valence-electron chi connectivity index (χ4n) is 2.99. The van der Waals surface area contributed by atoms with Crippen molar-refractivity contribution in [3.63, 3.8) is 0 Å². The Balaban J connectivity index is 2.24. The lowest BCUT2D eigenvalue weighted by Crippen LogP contribution is -2.38. The van der Waals surface area contributed by atoms with Gasteiger partial charge in [0.2, 0.25) is 5.70 Å². The minimum absolute atomic E-state index is 0.0846. The lowest BCUT2D eigenvalue weighted by atomic mass is 10.2. The van der Waals surface area contributed by atoms with Gasteiger partial charge >= 0.3 is 13.6 Å². The number of ether oxygens (including phenoxy) is 1. The summed E-state index contributed by atoms with van der Waals surface area (Å²) in [6, 6.07) is 8.07. The molecule has 1 fully saturated rings. The van der Waals surface area contributed by atoms with Crippen LogP contribution in [0.5, 0.6) is 5.75 Å². The number of carbonyl (C=O) groups excluding carboxylic acids is 1. The second-order valence-electron chi connectivity index (χ2n) is 6.81. The maximum absolute atomic E-state index is 13.6. The maximum atomic E-state index is 13.6. The first-order chi connectivity index (χ1) is 14.2. The Bertz CT molecular complexity index is 854. The SMILES string of the molecule is CCOC(=O)[C@@H]1CCCN1CP(=O)(O/C(C)=C/C=C(\C)[N+](=O)[O-])Oc1ccccc1. The van der Waals surface area contributed by atoms with Gasteiger partial charge < -0.3 is 13.8 Å². The molecule has 10 heteroatoms. The molecule has 1 unspecified atom stereocenters. The van der Waals surface area contributed by atoms with Crippen molar-refractivity contribution in [2.24, 2.45) is 0 Å². The summed E-state index contributed by atoms with van der Waals surface area (Å²) in [5, 5.41) is 10.8. The molecule has 0 aromatic heterocycles. The van der Waals surface area contributed by atoms with Gasteiger partial charge in [-0.15, -0.1) is 0 Å². The van der Waals surface area contributed by atoms with Gasteiger partial charge in [0.25, 0.3) is 0 Å². The summed E-state index contributed by atoms with van der Waals surface area (Å²) in [5.41, 5.74) is -0.0846. The molecule has 1 saturated heterocycles. The molecule has 1 aliphatic heterocycles. The second-order valence-corrected chi connectivity index (χ2v) is 8.68. The molecule has 0 spiro atoms. The molecular weight excluding hydrogens is 411 g/mol. The third kappa shape index (κ3) is 7.00. The number of hydrogen-bond acceptors (Lipinski definition) is 8. The van der Waals surface area contributed by atoms with Crippen molar-refractivity contribution in [3.8, 4) is 5.75 Å². The molecule has 2 rings (SSSR count). The summed E-state index contributed by atoms with van der Waals surface area (Å²) >= 11 is 0. The lowest BCUT2D eigenvalue weighted by molar-refractivity contribution is -0.424. The van der Waals surface area contributed by atoms with Gasteiger partial charge in [-0.1, -0.05) is 18.2 Å². The van der Waals surface area contributed by atoms with Crippen molar-refractivity contribution >= 4 is 13.6 Å². The van der Waals surface area contributed by atoms with Crippen molar-refractivity contribution in [2.75, 3.05) is 19.4 Å². The number of para-hydroxylation sites is 1. The van der Waals surface area contributed by atoms with Gasteiger partial charge in [-0.3, -0.25) is 19.8 Å². The molecule has 2 atom stereocenters. The largest absolute Gasteiger partial charge is 0.465 e. The summed E-state index contributed by atoms with van der Waals surface area (Å²) in [6.07, 6.45) is 3.87. The van der Waals surface area contributed by atoms with Crippen LogP contribution in [0.25, 0.3) is 0 Å². The maximum Gasteiger partial charge on any atom is 0.444 e. The van der Waals surface area contributed by atoms with Gasteiger partial charge in [-0.2, -0.15) is 0 Å². The highest BCUT2D eigenvalue weighted by molar-refractivity contribution is 7.54. The smallest absolute Gasteiger partial charge is 0.444 e. The Morgan fingerprint density at radius 1 is 1.30 bits per heavy atom. The highest BCUT2D eigenvalue weighted by atomic mass is 31.2. The zero-order chi connectivity index (χ0) is 22.1. The van der Waals surface area contributed by atoms with Gasteiger partial charge in [-0.05, 0) is 51.4 Å². The Morgan fingerprint density at radius 2 is 2.00 bits per heavy atom. The van der Waals surface area contributed by atoms with Crippen LogP contribution in [-0.4, -0.2) is 41.3 Å². The van der Waals surface area contributed by atoms with Gasteiger partial charge in [0, 0.05) is 13.0 Å². The molecule has 1 aliphatic rings. The first-order valence-electron chi connectivity index (χ1n) is 9.67. The predicted molar refractivity (Wildman–Crippen MR) is 111 cm³/mol. The van der Waals surface area contributed by atoms with E-state index in [1.165, 1.54) is 26.0 Å². The molecule has 1 aromatic carbocycles. The predicted octanol–water partition coefficient (Wildman–Crippen LogP) is 4.34. The van der Waals surface area contributed by atoms with Crippen molar-refractivity contribution in [3.05, 3.63) is 64.1 Å². The monoisotopic (exact) mass is 438 g/mol. The molecule has 0 saturated carbocycles. The molecule has 1 aromatic rings. The van der Waals surface area contributed by atoms with Crippen molar-refractivity contribution in [2.45, 2.75) is 39.7 Å². The Kier molecular flexibility index (Phi) is 8.62. The molecule has 30 heavy (non-hydrogen) atoms. The van der Waals surface area contributed by atoms with Crippen LogP contribution in [0.2, 0.25) is 0 Å². The average Bonchev–Trinajstić information content (AvgIpc) is 3.14. The van der Waals surface area contributed by atoms with Crippen LogP contribution in [-0.2, 0) is 18.6 Å². The summed E-state index contributed by atoms with van der Waals surface area (Å²) in [7, 11) is -3.78. The van der Waals surface area contributed by atoms with Crippen LogP contribution in [0.3, 0.4) is 0 Å². The van der Waals surface area contributed by atoms with Crippen LogP contribution in [0.4, 0.5) is 0 Å². The number of esters is 1. The van der Waals surface area contributed by atoms with Crippen molar-refractivity contribution in [1.82, 2.24) is 4.90 Å². The number of benzene rings is 1. The van der Waals surface area contributed by atoms with Crippen LogP contribution in [0.15, 0.2) is 53.9 Å². The first kappa shape index (κ1) is 23.6. The van der Waals surface area contributed by atoms with E-state index in [-0.39, 0.29) is 30.3 Å². The molecule has 0 N–H and O–H groups in total. The third-order valence-corrected chi connectivity index (χ3v) is 6.16. The van der Waals surface area contributed by atoms with Gasteiger partial charge in [0.1, 0.15) is 23.8 Å². The summed E-state index contributed by atoms with van der Waals surface area (Å²) < 4.78 is 30.1. The zero-order valence-electron chi connectivity index (χ0n) is 17.4. The lowest BCUT2D eigenvalue weighted by Gasteiger charge is -2.27. The van der Waals surface area contributed by atoms with Gasteiger partial charge in [-0.25, -0.2) is 4.57 Å². The Labute approximate surface area is 176 Å². The quantitative estimate of drug-likeness (QED) is 0.133. The van der Waals surface area contributed by atoms with Crippen LogP contribution in [0.1, 0.15) is 33.6 Å². The number of nitrogens with zero attached hydrogens (tertiary/aromatic N) is 2. The molecule has 0 radical (unpaired) electrons. The molecular formula is C20H27N2O7P. The highest BCUT2D eigenvalue weighted by Crippen LogP contribution is 2.51.